The van der Waals surface area contributed by atoms with E-state index in [1.54, 1.807) is 18.2 Å². The third-order valence-electron chi connectivity index (χ3n) is 8.51. The number of hydrogen-bond donors (Lipinski definition) is 1. The first-order chi connectivity index (χ1) is 18.1. The summed E-state index contributed by atoms with van der Waals surface area (Å²) < 4.78 is 0. The number of hydrogen-bond acceptors (Lipinski definition) is 3. The van der Waals surface area contributed by atoms with Crippen LogP contribution in [0.2, 0.25) is 0 Å². The highest BCUT2D eigenvalue weighted by Gasteiger charge is 2.46. The topological polar surface area (TPSA) is 74.7 Å². The number of amides is 1. The number of rotatable bonds is 3. The van der Waals surface area contributed by atoms with Crippen molar-refractivity contribution in [2.45, 2.75) is 27.2 Å². The maximum Gasteiger partial charge on any atom is 0.335 e. The lowest BCUT2D eigenvalue weighted by molar-refractivity contribution is 0.0678. The molecule has 1 N–H and O–H groups in total. The van der Waals surface area contributed by atoms with Crippen molar-refractivity contribution in [3.63, 3.8) is 0 Å². The van der Waals surface area contributed by atoms with Gasteiger partial charge in [0.15, 0.2) is 5.78 Å². The van der Waals surface area contributed by atoms with Gasteiger partial charge in [-0.05, 0) is 52.9 Å². The number of benzene rings is 3. The molecule has 0 aromatic heterocycles. The number of ketones is 1. The van der Waals surface area contributed by atoms with Crippen molar-refractivity contribution in [3.8, 4) is 11.1 Å². The van der Waals surface area contributed by atoms with Crippen molar-refractivity contribution >= 4 is 23.2 Å². The Bertz CT molecular complexity index is 1590. The van der Waals surface area contributed by atoms with E-state index in [2.05, 4.69) is 32.9 Å². The molecule has 5 heteroatoms. The zero-order valence-corrected chi connectivity index (χ0v) is 21.7. The zero-order chi connectivity index (χ0) is 26.8. The van der Waals surface area contributed by atoms with Crippen LogP contribution in [0, 0.1) is 10.8 Å². The smallest absolute Gasteiger partial charge is 0.335 e. The predicted octanol–water partition coefficient (Wildman–Crippen LogP) is 6.50. The molecule has 0 unspecified atom stereocenters. The van der Waals surface area contributed by atoms with Gasteiger partial charge in [-0.25, -0.2) is 4.79 Å². The van der Waals surface area contributed by atoms with E-state index in [1.807, 2.05) is 53.4 Å². The highest BCUT2D eigenvalue weighted by atomic mass is 16.4. The van der Waals surface area contributed by atoms with Crippen LogP contribution in [-0.4, -0.2) is 40.8 Å². The van der Waals surface area contributed by atoms with Crippen molar-refractivity contribution in [1.82, 2.24) is 4.90 Å². The van der Waals surface area contributed by atoms with E-state index in [4.69, 9.17) is 0 Å². The second-order valence-electron chi connectivity index (χ2n) is 11.3. The number of allylic oxidation sites excluding steroid dienone is 2. The third kappa shape index (κ3) is 3.57. The van der Waals surface area contributed by atoms with Crippen LogP contribution >= 0.6 is 0 Å². The first-order valence-corrected chi connectivity index (χ1v) is 12.9. The van der Waals surface area contributed by atoms with Gasteiger partial charge in [-0.15, -0.1) is 0 Å². The molecular formula is C33H29NO4. The summed E-state index contributed by atoms with van der Waals surface area (Å²) >= 11 is 0. The average Bonchev–Trinajstić information content (AvgIpc) is 3.19. The maximum absolute atomic E-state index is 13.7. The van der Waals surface area contributed by atoms with Crippen LogP contribution in [0.15, 0.2) is 84.5 Å². The molecule has 38 heavy (non-hydrogen) atoms. The molecular weight excluding hydrogens is 474 g/mol. The number of carbonyl (C=O) groups is 3. The van der Waals surface area contributed by atoms with Gasteiger partial charge in [0, 0.05) is 40.6 Å². The Morgan fingerprint density at radius 2 is 1.47 bits per heavy atom. The molecule has 0 saturated carbocycles. The molecule has 5 nitrogen and oxygen atoms in total. The summed E-state index contributed by atoms with van der Waals surface area (Å²) in [5, 5.41) is 9.26. The van der Waals surface area contributed by atoms with E-state index in [0.717, 1.165) is 23.1 Å². The molecule has 1 aliphatic heterocycles. The number of carbonyl (C=O) groups excluding carboxylic acids is 2. The Balaban J connectivity index is 1.27. The quantitative estimate of drug-likeness (QED) is 0.324. The number of aromatic carboxylic acids is 1. The van der Waals surface area contributed by atoms with Gasteiger partial charge >= 0.3 is 5.97 Å². The van der Waals surface area contributed by atoms with Gasteiger partial charge in [-0.3, -0.25) is 9.59 Å². The van der Waals surface area contributed by atoms with Gasteiger partial charge in [-0.2, -0.15) is 0 Å². The molecule has 1 heterocycles. The lowest BCUT2D eigenvalue weighted by atomic mass is 9.58. The second kappa shape index (κ2) is 8.38. The van der Waals surface area contributed by atoms with E-state index >= 15 is 0 Å². The molecule has 0 spiro atoms. The third-order valence-corrected chi connectivity index (χ3v) is 8.51. The number of fused-ring (bicyclic) bond motifs is 4. The first kappa shape index (κ1) is 24.1. The Hall–Kier alpha value is -4.25. The summed E-state index contributed by atoms with van der Waals surface area (Å²) in [5.41, 5.74) is 6.92. The fourth-order valence-electron chi connectivity index (χ4n) is 6.70. The van der Waals surface area contributed by atoms with Crippen LogP contribution in [0.25, 0.3) is 16.7 Å². The normalized spacial score (nSPS) is 21.1. The molecule has 0 saturated heterocycles. The minimum atomic E-state index is -0.932. The van der Waals surface area contributed by atoms with Crippen LogP contribution < -0.4 is 0 Å². The van der Waals surface area contributed by atoms with E-state index in [9.17, 15) is 19.5 Å². The molecule has 3 aromatic carbocycles. The van der Waals surface area contributed by atoms with Crippen molar-refractivity contribution in [2.75, 3.05) is 13.1 Å². The lowest BCUT2D eigenvalue weighted by Crippen LogP contribution is -2.48. The standard InChI is InChI=1S/C33H29NO4/c1-32(2)27(20-8-10-21(11-9-20)31(37)38)14-16-33(3)19-34(17-15-28(32)33)30(36)22-12-13-24-23-6-4-5-7-25(23)29(35)26(24)18-22/h4-15,18H,16-17,19H2,1-3H3,(H,37,38)/t33-/m0/s1. The van der Waals surface area contributed by atoms with Gasteiger partial charge in [0.2, 0.25) is 0 Å². The molecule has 2 aliphatic carbocycles. The summed E-state index contributed by atoms with van der Waals surface area (Å²) in [6.45, 7) is 7.71. The van der Waals surface area contributed by atoms with Crippen molar-refractivity contribution in [3.05, 3.63) is 112 Å². The largest absolute Gasteiger partial charge is 0.478 e. The van der Waals surface area contributed by atoms with Crippen LogP contribution in [0.1, 0.15) is 69.4 Å². The minimum absolute atomic E-state index is 0.0267. The summed E-state index contributed by atoms with van der Waals surface area (Å²) in [4.78, 5) is 39.8. The summed E-state index contributed by atoms with van der Waals surface area (Å²) in [7, 11) is 0. The number of nitrogens with zero attached hydrogens (tertiary/aromatic N) is 1. The molecule has 1 amide bonds. The van der Waals surface area contributed by atoms with Crippen molar-refractivity contribution in [2.24, 2.45) is 10.8 Å². The van der Waals surface area contributed by atoms with Crippen molar-refractivity contribution < 1.29 is 19.5 Å². The monoisotopic (exact) mass is 503 g/mol. The molecule has 0 radical (unpaired) electrons. The number of carboxylic acid groups (broad SMARTS) is 1. The Morgan fingerprint density at radius 1 is 0.816 bits per heavy atom. The Labute approximate surface area is 222 Å². The van der Waals surface area contributed by atoms with Gasteiger partial charge in [0.1, 0.15) is 0 Å². The Morgan fingerprint density at radius 3 is 2.18 bits per heavy atom. The highest BCUT2D eigenvalue weighted by molar-refractivity contribution is 6.22. The lowest BCUT2D eigenvalue weighted by Gasteiger charge is -2.50. The molecule has 190 valence electrons. The van der Waals surface area contributed by atoms with Crippen LogP contribution in [0.5, 0.6) is 0 Å². The summed E-state index contributed by atoms with van der Waals surface area (Å²) in [5.74, 6) is -1.02. The molecule has 0 fully saturated rings. The molecule has 3 aliphatic rings. The first-order valence-electron chi connectivity index (χ1n) is 12.9. The average molecular weight is 504 g/mol. The van der Waals surface area contributed by atoms with E-state index in [0.29, 0.717) is 29.8 Å². The highest BCUT2D eigenvalue weighted by Crippen LogP contribution is 2.55. The van der Waals surface area contributed by atoms with E-state index in [-0.39, 0.29) is 28.1 Å². The Kier molecular flexibility index (Phi) is 5.32. The van der Waals surface area contributed by atoms with Gasteiger partial charge in [0.25, 0.3) is 5.91 Å². The van der Waals surface area contributed by atoms with Crippen LogP contribution in [-0.2, 0) is 0 Å². The predicted molar refractivity (Wildman–Crippen MR) is 147 cm³/mol. The maximum atomic E-state index is 13.7. The summed E-state index contributed by atoms with van der Waals surface area (Å²) in [6.07, 6.45) is 5.21. The molecule has 0 bridgehead atoms. The summed E-state index contributed by atoms with van der Waals surface area (Å²) in [6, 6.07) is 20.1. The van der Waals surface area contributed by atoms with Crippen LogP contribution in [0.3, 0.4) is 0 Å². The minimum Gasteiger partial charge on any atom is -0.478 e. The molecule has 3 aromatic rings. The van der Waals surface area contributed by atoms with Gasteiger partial charge in [-0.1, -0.05) is 81.0 Å². The van der Waals surface area contributed by atoms with E-state index in [1.165, 1.54) is 11.1 Å². The van der Waals surface area contributed by atoms with E-state index < -0.39 is 5.97 Å². The molecule has 1 atom stereocenters. The fourth-order valence-corrected chi connectivity index (χ4v) is 6.70. The van der Waals surface area contributed by atoms with Crippen LogP contribution in [0.4, 0.5) is 0 Å². The van der Waals surface area contributed by atoms with Crippen molar-refractivity contribution in [1.29, 1.82) is 0 Å². The fraction of sp³-hybridized carbons (Fsp3) is 0.242. The molecule has 6 rings (SSSR count). The SMILES string of the molecule is CC1(C)C(c2ccc(C(=O)O)cc2)=CC[C@@]2(C)CN(C(=O)c3ccc4c(c3)C(=O)c3ccccc3-4)CC=C12. The van der Waals surface area contributed by atoms with Gasteiger partial charge in [0.05, 0.1) is 5.56 Å². The second-order valence-corrected chi connectivity index (χ2v) is 11.3. The number of carboxylic acids is 1. The zero-order valence-electron chi connectivity index (χ0n) is 21.7. The van der Waals surface area contributed by atoms with Gasteiger partial charge < -0.3 is 10.0 Å².